The molecule has 4 amide bonds. The molecular formula is C27H49FN4O5PS+. The number of carbonyl (C=O) groups excluding carboxylic acids is 3. The average molecular weight is 592 g/mol. The lowest BCUT2D eigenvalue weighted by Gasteiger charge is -2.16. The van der Waals surface area contributed by atoms with Gasteiger partial charge in [0, 0.05) is 36.9 Å². The zero-order valence-electron chi connectivity index (χ0n) is 23.4. The highest BCUT2D eigenvalue weighted by molar-refractivity contribution is 8.00. The largest absolute Gasteiger partial charge is 0.508 e. The first-order chi connectivity index (χ1) is 19.0. The minimum absolute atomic E-state index is 0.0549. The number of hydrogen-bond donors (Lipinski definition) is 4. The van der Waals surface area contributed by atoms with Crippen molar-refractivity contribution < 1.29 is 27.9 Å². The van der Waals surface area contributed by atoms with Gasteiger partial charge in [0.2, 0.25) is 11.8 Å². The second-order valence-corrected chi connectivity index (χ2v) is 13.1. The van der Waals surface area contributed by atoms with Crippen LogP contribution < -0.4 is 21.3 Å². The molecule has 0 aromatic rings. The summed E-state index contributed by atoms with van der Waals surface area (Å²) in [6.07, 6.45) is 14.4. The summed E-state index contributed by atoms with van der Waals surface area (Å²) in [6, 6.07) is 0.433. The smallest absolute Gasteiger partial charge is 0.356 e. The third-order valence-corrected chi connectivity index (χ3v) is 9.80. The molecule has 4 N–H and O–H groups in total. The van der Waals surface area contributed by atoms with E-state index in [0.717, 1.165) is 89.2 Å². The Balaban J connectivity index is 1.28. The number of hydrogen-bond acceptors (Lipinski definition) is 6. The van der Waals surface area contributed by atoms with E-state index in [0.29, 0.717) is 37.3 Å². The van der Waals surface area contributed by atoms with Gasteiger partial charge in [-0.25, -0.2) is 9.18 Å². The van der Waals surface area contributed by atoms with Gasteiger partial charge in [-0.2, -0.15) is 11.8 Å². The number of fused-ring (bicyclic) bond motifs is 1. The van der Waals surface area contributed by atoms with Gasteiger partial charge >= 0.3 is 14.1 Å². The maximum Gasteiger partial charge on any atom is 0.508 e. The van der Waals surface area contributed by atoms with Crippen LogP contribution in [0, 0.1) is 0 Å². The lowest BCUT2D eigenvalue weighted by Crippen LogP contribution is -2.36. The summed E-state index contributed by atoms with van der Waals surface area (Å²) < 4.78 is 28.2. The second-order valence-electron chi connectivity index (χ2n) is 10.4. The Bertz CT molecular complexity index is 751. The minimum atomic E-state index is -1.70. The molecule has 12 heteroatoms. The van der Waals surface area contributed by atoms with Crippen LogP contribution in [0.4, 0.5) is 9.18 Å². The molecule has 2 aliphatic rings. The van der Waals surface area contributed by atoms with Gasteiger partial charge < -0.3 is 21.3 Å². The van der Waals surface area contributed by atoms with Crippen LogP contribution in [0.3, 0.4) is 0 Å². The molecule has 0 aromatic heterocycles. The molecule has 2 aliphatic heterocycles. The fourth-order valence-corrected chi connectivity index (χ4v) is 7.37. The van der Waals surface area contributed by atoms with Gasteiger partial charge in [-0.05, 0) is 55.9 Å². The first kappa shape index (κ1) is 33.8. The van der Waals surface area contributed by atoms with Crippen LogP contribution >= 0.6 is 19.8 Å². The van der Waals surface area contributed by atoms with Gasteiger partial charge in [0.25, 0.3) is 0 Å². The number of halogens is 1. The Kier molecular flexibility index (Phi) is 18.5. The average Bonchev–Trinajstić information content (AvgIpc) is 3.47. The van der Waals surface area contributed by atoms with Crippen molar-refractivity contribution in [3.8, 4) is 0 Å². The molecule has 0 aliphatic carbocycles. The van der Waals surface area contributed by atoms with E-state index in [2.05, 4.69) is 21.3 Å². The first-order valence-corrected chi connectivity index (χ1v) is 17.3. The lowest BCUT2D eigenvalue weighted by atomic mass is 10.0. The number of nitrogens with one attached hydrogen (secondary N) is 4. The summed E-state index contributed by atoms with van der Waals surface area (Å²) in [7, 11) is -1.70. The van der Waals surface area contributed by atoms with Crippen LogP contribution in [0.2, 0.25) is 0 Å². The molecule has 39 heavy (non-hydrogen) atoms. The number of alkyl halides is 1. The van der Waals surface area contributed by atoms with Crippen molar-refractivity contribution in [1.29, 1.82) is 0 Å². The number of urea groups is 1. The van der Waals surface area contributed by atoms with E-state index in [1.54, 1.807) is 0 Å². The van der Waals surface area contributed by atoms with Crippen molar-refractivity contribution in [3.05, 3.63) is 0 Å². The normalized spacial score (nSPS) is 20.3. The molecule has 0 bridgehead atoms. The number of amides is 4. The Morgan fingerprint density at radius 3 is 2.13 bits per heavy atom. The predicted octanol–water partition coefficient (Wildman–Crippen LogP) is 4.96. The maximum atomic E-state index is 12.0. The molecule has 2 saturated heterocycles. The molecule has 0 radical (unpaired) electrons. The second kappa shape index (κ2) is 21.3. The van der Waals surface area contributed by atoms with Crippen LogP contribution in [0.5, 0.6) is 0 Å². The number of unbranched alkanes of at least 4 members (excludes halogenated alkanes) is 9. The van der Waals surface area contributed by atoms with Gasteiger partial charge in [-0.15, -0.1) is 4.52 Å². The third kappa shape index (κ3) is 15.8. The zero-order chi connectivity index (χ0) is 28.1. The van der Waals surface area contributed by atoms with Crippen molar-refractivity contribution in [2.45, 2.75) is 114 Å². The van der Waals surface area contributed by atoms with Crippen molar-refractivity contribution in [2.75, 3.05) is 38.3 Å². The van der Waals surface area contributed by atoms with Crippen LogP contribution in [-0.4, -0.2) is 73.5 Å². The number of rotatable bonds is 24. The first-order valence-electron chi connectivity index (χ1n) is 14.8. The van der Waals surface area contributed by atoms with Gasteiger partial charge in [-0.1, -0.05) is 32.1 Å². The molecule has 2 rings (SSSR count). The fraction of sp³-hybridized carbons (Fsp3) is 0.889. The van der Waals surface area contributed by atoms with E-state index < -0.39 is 14.7 Å². The van der Waals surface area contributed by atoms with Crippen molar-refractivity contribution in [3.63, 3.8) is 0 Å². The van der Waals surface area contributed by atoms with E-state index in [1.165, 1.54) is 0 Å². The van der Waals surface area contributed by atoms with E-state index in [-0.39, 0.29) is 36.5 Å². The van der Waals surface area contributed by atoms with Gasteiger partial charge in [0.15, 0.2) is 6.16 Å². The molecule has 1 unspecified atom stereocenters. The van der Waals surface area contributed by atoms with Crippen LogP contribution in [0.1, 0.15) is 96.3 Å². The molecule has 0 aromatic carbocycles. The Hall–Kier alpha value is -1.45. The highest BCUT2D eigenvalue weighted by Crippen LogP contribution is 2.33. The van der Waals surface area contributed by atoms with Gasteiger partial charge in [0.05, 0.1) is 12.1 Å². The van der Waals surface area contributed by atoms with Crippen molar-refractivity contribution in [2.24, 2.45) is 0 Å². The third-order valence-electron chi connectivity index (χ3n) is 7.14. The van der Waals surface area contributed by atoms with Gasteiger partial charge in [-0.3, -0.25) is 9.59 Å². The summed E-state index contributed by atoms with van der Waals surface area (Å²) in [6.45, 7) is 0.693. The standard InChI is InChI=1S/C27H48FN4O5PS/c28-16-19-37-38(36)20-12-5-3-1-2-4-7-14-24(33)29-17-10-6-11-18-30-25(34)15-9-8-13-23-26-22(21-39-23)31-27(35)32-26/h22-23,26H,1-21H2,(H3-,29,30,31,32,33,34,35)/p+1/t22-,23-,26-/m0/s1. The predicted molar refractivity (Wildman–Crippen MR) is 155 cm³/mol. The van der Waals surface area contributed by atoms with E-state index in [1.807, 2.05) is 11.8 Å². The van der Waals surface area contributed by atoms with E-state index in [4.69, 9.17) is 4.52 Å². The topological polar surface area (TPSA) is 126 Å². The molecule has 4 atom stereocenters. The molecule has 2 fully saturated rings. The summed E-state index contributed by atoms with van der Waals surface area (Å²) >= 11 is 1.91. The Labute approximate surface area is 238 Å². The summed E-state index contributed by atoms with van der Waals surface area (Å²) in [5.41, 5.74) is 0. The zero-order valence-corrected chi connectivity index (χ0v) is 25.1. The molecule has 0 spiro atoms. The van der Waals surface area contributed by atoms with E-state index in [9.17, 15) is 23.3 Å². The Morgan fingerprint density at radius 2 is 1.46 bits per heavy atom. The SMILES string of the molecule is O=C(CCCCCCCCC[P+](=O)OCCF)NCCCCCNC(=O)CCCC[C@@H]1SC[C@@H]2NC(=O)N[C@@H]21. The van der Waals surface area contributed by atoms with Crippen LogP contribution in [0.15, 0.2) is 0 Å². The highest BCUT2D eigenvalue weighted by Gasteiger charge is 2.42. The van der Waals surface area contributed by atoms with E-state index >= 15 is 0 Å². The molecule has 9 nitrogen and oxygen atoms in total. The molecular weight excluding hydrogens is 542 g/mol. The van der Waals surface area contributed by atoms with Crippen LogP contribution in [-0.2, 0) is 18.7 Å². The monoisotopic (exact) mass is 591 g/mol. The maximum absolute atomic E-state index is 12.0. The minimum Gasteiger partial charge on any atom is -0.356 e. The molecule has 0 saturated carbocycles. The Morgan fingerprint density at radius 1 is 0.872 bits per heavy atom. The summed E-state index contributed by atoms with van der Waals surface area (Å²) in [5, 5.41) is 12.4. The van der Waals surface area contributed by atoms with Crippen molar-refractivity contribution in [1.82, 2.24) is 21.3 Å². The number of carbonyl (C=O) groups is 3. The summed E-state index contributed by atoms with van der Waals surface area (Å²) in [4.78, 5) is 35.4. The quantitative estimate of drug-likeness (QED) is 0.0714. The summed E-state index contributed by atoms with van der Waals surface area (Å²) in [5.74, 6) is 1.18. The fourth-order valence-electron chi connectivity index (χ4n) is 4.94. The van der Waals surface area contributed by atoms with Gasteiger partial charge in [0.1, 0.15) is 13.3 Å². The molecule has 2 heterocycles. The lowest BCUT2D eigenvalue weighted by molar-refractivity contribution is -0.121. The molecule has 224 valence electrons. The van der Waals surface area contributed by atoms with Crippen LogP contribution in [0.25, 0.3) is 0 Å². The van der Waals surface area contributed by atoms with Crippen molar-refractivity contribution >= 4 is 37.6 Å². The highest BCUT2D eigenvalue weighted by atomic mass is 32.2. The number of thioether (sulfide) groups is 1.